The van der Waals surface area contributed by atoms with Crippen molar-refractivity contribution in [1.29, 1.82) is 0 Å². The molecule has 0 aromatic carbocycles. The third-order valence-corrected chi connectivity index (χ3v) is 1.58. The highest BCUT2D eigenvalue weighted by Gasteiger charge is 2.15. The number of nitrogens with zero attached hydrogens (tertiary/aromatic N) is 1. The lowest BCUT2D eigenvalue weighted by Crippen LogP contribution is -2.41. The summed E-state index contributed by atoms with van der Waals surface area (Å²) in [5.41, 5.74) is 4.91. The van der Waals surface area contributed by atoms with Gasteiger partial charge >= 0.3 is 0 Å². The molecule has 5 nitrogen and oxygen atoms in total. The van der Waals surface area contributed by atoms with Crippen LogP contribution in [-0.2, 0) is 4.79 Å². The third kappa shape index (κ3) is 4.27. The zero-order chi connectivity index (χ0) is 9.72. The van der Waals surface area contributed by atoms with Crippen molar-refractivity contribution in [3.8, 4) is 0 Å². The summed E-state index contributed by atoms with van der Waals surface area (Å²) in [4.78, 5) is 11.7. The van der Waals surface area contributed by atoms with Gasteiger partial charge in [0.1, 0.15) is 12.5 Å². The average molecular weight is 176 g/mol. The first-order chi connectivity index (χ1) is 5.45. The van der Waals surface area contributed by atoms with Crippen LogP contribution in [0, 0.1) is 0 Å². The number of carbonyl (C=O) groups excluding carboxylic acids is 1. The first-order valence-electron chi connectivity index (χ1n) is 3.85. The zero-order valence-electron chi connectivity index (χ0n) is 7.40. The molecular formula is C7H16N2O3. The molecule has 0 heterocycles. The average Bonchev–Trinajstić information content (AvgIpc) is 1.84. The highest BCUT2D eigenvalue weighted by Crippen LogP contribution is 2.01. The van der Waals surface area contributed by atoms with Gasteiger partial charge in [-0.25, -0.2) is 0 Å². The van der Waals surface area contributed by atoms with Gasteiger partial charge in [0.25, 0.3) is 0 Å². The molecule has 0 aliphatic heterocycles. The number of carbonyl (C=O) groups is 1. The Kier molecular flexibility index (Phi) is 4.80. The van der Waals surface area contributed by atoms with Gasteiger partial charge in [0.15, 0.2) is 0 Å². The summed E-state index contributed by atoms with van der Waals surface area (Å²) in [5.74, 6) is -0.443. The fourth-order valence-corrected chi connectivity index (χ4v) is 0.925. The van der Waals surface area contributed by atoms with Gasteiger partial charge in [-0.05, 0) is 13.8 Å². The van der Waals surface area contributed by atoms with Crippen LogP contribution >= 0.6 is 0 Å². The Balaban J connectivity index is 3.88. The summed E-state index contributed by atoms with van der Waals surface area (Å²) in [6.45, 7) is 3.31. The maximum Gasteiger partial charge on any atom is 0.218 e. The Hall–Kier alpha value is -0.650. The Bertz CT molecular complexity index is 140. The van der Waals surface area contributed by atoms with Crippen molar-refractivity contribution in [2.45, 2.75) is 32.7 Å². The topological polar surface area (TPSA) is 86.8 Å². The molecule has 5 heteroatoms. The van der Waals surface area contributed by atoms with Gasteiger partial charge in [0.05, 0.1) is 0 Å². The summed E-state index contributed by atoms with van der Waals surface area (Å²) >= 11 is 0. The highest BCUT2D eigenvalue weighted by atomic mass is 16.3. The molecule has 0 aromatic heterocycles. The van der Waals surface area contributed by atoms with Crippen LogP contribution in [0.25, 0.3) is 0 Å². The van der Waals surface area contributed by atoms with Crippen molar-refractivity contribution in [3.63, 3.8) is 0 Å². The van der Waals surface area contributed by atoms with E-state index in [-0.39, 0.29) is 13.0 Å². The van der Waals surface area contributed by atoms with Crippen molar-refractivity contribution in [2.24, 2.45) is 5.73 Å². The van der Waals surface area contributed by atoms with E-state index in [1.54, 1.807) is 0 Å². The van der Waals surface area contributed by atoms with Crippen molar-refractivity contribution in [1.82, 2.24) is 4.90 Å². The van der Waals surface area contributed by atoms with Crippen molar-refractivity contribution in [2.75, 3.05) is 6.54 Å². The van der Waals surface area contributed by atoms with Crippen molar-refractivity contribution in [3.05, 3.63) is 0 Å². The van der Waals surface area contributed by atoms with Crippen molar-refractivity contribution < 1.29 is 15.0 Å². The summed E-state index contributed by atoms with van der Waals surface area (Å²) < 4.78 is 0. The molecule has 0 aliphatic rings. The smallest absolute Gasteiger partial charge is 0.218 e. The van der Waals surface area contributed by atoms with Crippen LogP contribution in [0.15, 0.2) is 0 Å². The van der Waals surface area contributed by atoms with Gasteiger partial charge in [-0.3, -0.25) is 9.69 Å². The molecule has 0 aliphatic carbocycles. The maximum absolute atomic E-state index is 10.4. The van der Waals surface area contributed by atoms with E-state index in [1.807, 2.05) is 0 Å². The van der Waals surface area contributed by atoms with Gasteiger partial charge in [0.2, 0.25) is 5.91 Å². The molecule has 2 unspecified atom stereocenters. The molecule has 12 heavy (non-hydrogen) atoms. The SMILES string of the molecule is CC(O)N(CCC(N)=O)C(C)O. The fourth-order valence-electron chi connectivity index (χ4n) is 0.925. The van der Waals surface area contributed by atoms with E-state index in [2.05, 4.69) is 0 Å². The Morgan fingerprint density at radius 1 is 1.42 bits per heavy atom. The number of aliphatic hydroxyl groups is 2. The molecule has 4 N–H and O–H groups in total. The van der Waals surface area contributed by atoms with Crippen LogP contribution in [0.3, 0.4) is 0 Å². The second-order valence-electron chi connectivity index (χ2n) is 2.72. The van der Waals surface area contributed by atoms with Crippen LogP contribution < -0.4 is 5.73 Å². The largest absolute Gasteiger partial charge is 0.379 e. The number of amides is 1. The molecule has 0 saturated heterocycles. The monoisotopic (exact) mass is 176 g/mol. The Labute approximate surface area is 71.8 Å². The fraction of sp³-hybridized carbons (Fsp3) is 0.857. The number of aliphatic hydroxyl groups excluding tert-OH is 2. The molecule has 1 amide bonds. The number of hydrogen-bond donors (Lipinski definition) is 3. The second-order valence-corrected chi connectivity index (χ2v) is 2.72. The van der Waals surface area contributed by atoms with Gasteiger partial charge in [0, 0.05) is 13.0 Å². The molecule has 0 radical (unpaired) electrons. The molecule has 0 fully saturated rings. The second kappa shape index (κ2) is 5.08. The van der Waals surface area contributed by atoms with E-state index < -0.39 is 18.4 Å². The molecule has 72 valence electrons. The van der Waals surface area contributed by atoms with E-state index in [0.29, 0.717) is 0 Å². The highest BCUT2D eigenvalue weighted by molar-refractivity contribution is 5.73. The van der Waals surface area contributed by atoms with Crippen LogP contribution in [-0.4, -0.2) is 40.0 Å². The lowest BCUT2D eigenvalue weighted by molar-refractivity contribution is -0.121. The molecule has 0 rings (SSSR count). The van der Waals surface area contributed by atoms with Crippen LogP contribution in [0.4, 0.5) is 0 Å². The predicted octanol–water partition coefficient (Wildman–Crippen LogP) is -1.16. The predicted molar refractivity (Wildman–Crippen MR) is 43.9 cm³/mol. The third-order valence-electron chi connectivity index (χ3n) is 1.58. The number of rotatable bonds is 5. The van der Waals surface area contributed by atoms with E-state index in [1.165, 1.54) is 18.7 Å². The quantitative estimate of drug-likeness (QED) is 0.461. The summed E-state index contributed by atoms with van der Waals surface area (Å²) in [6, 6.07) is 0. The normalized spacial score (nSPS) is 16.1. The molecule has 0 aromatic rings. The van der Waals surface area contributed by atoms with Crippen molar-refractivity contribution >= 4 is 5.91 Å². The maximum atomic E-state index is 10.4. The number of nitrogens with two attached hydrogens (primary N) is 1. The zero-order valence-corrected chi connectivity index (χ0v) is 7.40. The van der Waals surface area contributed by atoms with Crippen LogP contribution in [0.1, 0.15) is 20.3 Å². The van der Waals surface area contributed by atoms with E-state index in [4.69, 9.17) is 15.9 Å². The Morgan fingerprint density at radius 2 is 1.83 bits per heavy atom. The molecule has 0 saturated carbocycles. The standard InChI is InChI=1S/C7H16N2O3/c1-5(10)9(6(2)11)4-3-7(8)12/h5-6,10-11H,3-4H2,1-2H3,(H2,8,12). The van der Waals surface area contributed by atoms with Crippen LogP contribution in [0.2, 0.25) is 0 Å². The first-order valence-corrected chi connectivity index (χ1v) is 3.85. The summed E-state index contributed by atoms with van der Waals surface area (Å²) in [7, 11) is 0. The van der Waals surface area contributed by atoms with E-state index in [9.17, 15) is 4.79 Å². The van der Waals surface area contributed by atoms with Crippen LogP contribution in [0.5, 0.6) is 0 Å². The number of hydrogen-bond acceptors (Lipinski definition) is 4. The van der Waals surface area contributed by atoms with Gasteiger partial charge in [-0.2, -0.15) is 0 Å². The summed E-state index contributed by atoms with van der Waals surface area (Å²) in [5, 5.41) is 18.2. The first kappa shape index (κ1) is 11.4. The minimum Gasteiger partial charge on any atom is -0.379 e. The van der Waals surface area contributed by atoms with E-state index in [0.717, 1.165) is 0 Å². The van der Waals surface area contributed by atoms with Gasteiger partial charge < -0.3 is 15.9 Å². The van der Waals surface area contributed by atoms with Gasteiger partial charge in [-0.15, -0.1) is 0 Å². The lowest BCUT2D eigenvalue weighted by Gasteiger charge is -2.27. The Morgan fingerprint density at radius 3 is 2.08 bits per heavy atom. The minimum absolute atomic E-state index is 0.135. The van der Waals surface area contributed by atoms with Gasteiger partial charge in [-0.1, -0.05) is 0 Å². The molecule has 0 bridgehead atoms. The lowest BCUT2D eigenvalue weighted by atomic mass is 10.3. The summed E-state index contributed by atoms with van der Waals surface area (Å²) in [6.07, 6.45) is -1.41. The molecule has 2 atom stereocenters. The molecular weight excluding hydrogens is 160 g/mol. The molecule has 0 spiro atoms. The minimum atomic E-state index is -0.774. The van der Waals surface area contributed by atoms with E-state index >= 15 is 0 Å². The number of primary amides is 1.